The highest BCUT2D eigenvalue weighted by Crippen LogP contribution is 2.28. The fourth-order valence-electron chi connectivity index (χ4n) is 2.26. The van der Waals surface area contributed by atoms with Crippen LogP contribution in [0.25, 0.3) is 22.4 Å². The molecule has 0 saturated carbocycles. The predicted molar refractivity (Wildman–Crippen MR) is 80.8 cm³/mol. The Morgan fingerprint density at radius 2 is 2.16 bits per heavy atom. The minimum absolute atomic E-state index is 0.720. The Morgan fingerprint density at radius 3 is 2.89 bits per heavy atom. The molecule has 0 aliphatic carbocycles. The molecule has 0 fully saturated rings. The summed E-state index contributed by atoms with van der Waals surface area (Å²) >= 11 is 3.47. The minimum atomic E-state index is 0.720. The van der Waals surface area contributed by atoms with Crippen LogP contribution in [0.4, 0.5) is 5.69 Å². The second-order valence-corrected chi connectivity index (χ2v) is 5.23. The maximum absolute atomic E-state index is 5.90. The summed E-state index contributed by atoms with van der Waals surface area (Å²) < 4.78 is 3.12. The molecule has 0 aliphatic rings. The normalized spacial score (nSPS) is 11.1. The number of nitrogen functional groups attached to an aromatic ring is 1. The summed E-state index contributed by atoms with van der Waals surface area (Å²) in [7, 11) is 0. The van der Waals surface area contributed by atoms with Gasteiger partial charge in [-0.2, -0.15) is 0 Å². The maximum atomic E-state index is 5.90. The molecule has 0 saturated heterocycles. The van der Waals surface area contributed by atoms with Crippen molar-refractivity contribution in [3.05, 3.63) is 41.1 Å². The summed E-state index contributed by atoms with van der Waals surface area (Å²) in [5.74, 6) is 0.915. The first-order valence-corrected chi connectivity index (χ1v) is 6.85. The van der Waals surface area contributed by atoms with Crippen LogP contribution in [0, 0.1) is 0 Å². The van der Waals surface area contributed by atoms with Gasteiger partial charge in [-0.15, -0.1) is 0 Å². The van der Waals surface area contributed by atoms with Crippen molar-refractivity contribution in [3.8, 4) is 11.4 Å². The van der Waals surface area contributed by atoms with Crippen molar-refractivity contribution in [1.29, 1.82) is 0 Å². The van der Waals surface area contributed by atoms with Crippen LogP contribution in [0.2, 0.25) is 0 Å². The summed E-state index contributed by atoms with van der Waals surface area (Å²) in [6.07, 6.45) is 3.57. The molecule has 0 unspecified atom stereocenters. The highest BCUT2D eigenvalue weighted by atomic mass is 79.9. The average Bonchev–Trinajstić information content (AvgIpc) is 2.76. The third-order valence-electron chi connectivity index (χ3n) is 3.05. The van der Waals surface area contributed by atoms with E-state index in [2.05, 4.69) is 37.4 Å². The van der Waals surface area contributed by atoms with Crippen molar-refractivity contribution >= 4 is 32.7 Å². The van der Waals surface area contributed by atoms with Crippen LogP contribution in [0.3, 0.4) is 0 Å². The van der Waals surface area contributed by atoms with Crippen LogP contribution in [0.1, 0.15) is 6.92 Å². The SMILES string of the molecule is CCn1c(-c2cc(N)cc(Br)c2)nc2cnccc21. The minimum Gasteiger partial charge on any atom is -0.399 e. The Bertz CT molecular complexity index is 728. The van der Waals surface area contributed by atoms with Crippen molar-refractivity contribution in [3.63, 3.8) is 0 Å². The Morgan fingerprint density at radius 1 is 1.32 bits per heavy atom. The van der Waals surface area contributed by atoms with Gasteiger partial charge in [-0.25, -0.2) is 4.98 Å². The Kier molecular flexibility index (Phi) is 2.98. The largest absolute Gasteiger partial charge is 0.399 e. The van der Waals surface area contributed by atoms with Gasteiger partial charge in [-0.05, 0) is 31.2 Å². The molecule has 2 heterocycles. The zero-order valence-electron chi connectivity index (χ0n) is 10.5. The number of nitrogens with zero attached hydrogens (tertiary/aromatic N) is 3. The van der Waals surface area contributed by atoms with E-state index < -0.39 is 0 Å². The number of imidazole rings is 1. The van der Waals surface area contributed by atoms with Crippen LogP contribution in [0.5, 0.6) is 0 Å². The van der Waals surface area contributed by atoms with E-state index >= 15 is 0 Å². The van der Waals surface area contributed by atoms with E-state index in [0.29, 0.717) is 0 Å². The first-order chi connectivity index (χ1) is 9.19. The fraction of sp³-hybridized carbons (Fsp3) is 0.143. The number of hydrogen-bond donors (Lipinski definition) is 1. The molecule has 2 N–H and O–H groups in total. The number of aromatic nitrogens is 3. The molecule has 96 valence electrons. The van der Waals surface area contributed by atoms with Gasteiger partial charge in [0.15, 0.2) is 0 Å². The van der Waals surface area contributed by atoms with Crippen LogP contribution >= 0.6 is 15.9 Å². The van der Waals surface area contributed by atoms with Crippen LogP contribution in [-0.2, 0) is 6.54 Å². The fourth-order valence-corrected chi connectivity index (χ4v) is 2.77. The highest BCUT2D eigenvalue weighted by molar-refractivity contribution is 9.10. The Balaban J connectivity index is 2.29. The molecule has 3 rings (SSSR count). The predicted octanol–water partition coefficient (Wildman–Crippen LogP) is 3.46. The van der Waals surface area contributed by atoms with Crippen LogP contribution in [-0.4, -0.2) is 14.5 Å². The first-order valence-electron chi connectivity index (χ1n) is 6.05. The van der Waals surface area contributed by atoms with Gasteiger partial charge >= 0.3 is 0 Å². The molecule has 0 bridgehead atoms. The summed E-state index contributed by atoms with van der Waals surface area (Å²) in [6, 6.07) is 7.82. The molecular weight excluding hydrogens is 304 g/mol. The van der Waals surface area contributed by atoms with Crippen molar-refractivity contribution < 1.29 is 0 Å². The van der Waals surface area contributed by atoms with Gasteiger partial charge in [0, 0.05) is 28.5 Å². The molecule has 0 amide bonds. The van der Waals surface area contributed by atoms with E-state index in [1.807, 2.05) is 24.3 Å². The van der Waals surface area contributed by atoms with Gasteiger partial charge < -0.3 is 10.3 Å². The number of anilines is 1. The van der Waals surface area contributed by atoms with Gasteiger partial charge in [0.25, 0.3) is 0 Å². The van der Waals surface area contributed by atoms with Gasteiger partial charge in [-0.1, -0.05) is 15.9 Å². The molecule has 19 heavy (non-hydrogen) atoms. The lowest BCUT2D eigenvalue weighted by molar-refractivity contribution is 0.796. The number of aryl methyl sites for hydroxylation is 1. The van der Waals surface area contributed by atoms with Crippen LogP contribution < -0.4 is 5.73 Å². The number of pyridine rings is 1. The lowest BCUT2D eigenvalue weighted by Crippen LogP contribution is -1.98. The monoisotopic (exact) mass is 316 g/mol. The van der Waals surface area contributed by atoms with Crippen molar-refractivity contribution in [2.45, 2.75) is 13.5 Å². The van der Waals surface area contributed by atoms with Crippen molar-refractivity contribution in [1.82, 2.24) is 14.5 Å². The zero-order valence-corrected chi connectivity index (χ0v) is 12.1. The van der Waals surface area contributed by atoms with E-state index in [1.54, 1.807) is 12.4 Å². The first kappa shape index (κ1) is 12.2. The third-order valence-corrected chi connectivity index (χ3v) is 3.50. The number of benzene rings is 1. The molecule has 2 aromatic heterocycles. The highest BCUT2D eigenvalue weighted by Gasteiger charge is 2.12. The topological polar surface area (TPSA) is 56.7 Å². The quantitative estimate of drug-likeness (QED) is 0.736. The molecule has 1 aromatic carbocycles. The van der Waals surface area contributed by atoms with Gasteiger partial charge in [0.05, 0.1) is 11.7 Å². The number of nitrogens with two attached hydrogens (primary N) is 1. The number of rotatable bonds is 2. The van der Waals surface area contributed by atoms with Crippen LogP contribution in [0.15, 0.2) is 41.1 Å². The molecule has 5 heteroatoms. The lowest BCUT2D eigenvalue weighted by Gasteiger charge is -2.07. The lowest BCUT2D eigenvalue weighted by atomic mass is 10.2. The van der Waals surface area contributed by atoms with E-state index in [-0.39, 0.29) is 0 Å². The summed E-state index contributed by atoms with van der Waals surface area (Å²) in [5.41, 5.74) is 9.62. The summed E-state index contributed by atoms with van der Waals surface area (Å²) in [5, 5.41) is 0. The Hall–Kier alpha value is -1.88. The second-order valence-electron chi connectivity index (χ2n) is 4.32. The van der Waals surface area contributed by atoms with E-state index in [1.165, 1.54) is 0 Å². The maximum Gasteiger partial charge on any atom is 0.141 e. The Labute approximate surface area is 119 Å². The van der Waals surface area contributed by atoms with E-state index in [9.17, 15) is 0 Å². The van der Waals surface area contributed by atoms with Gasteiger partial charge in [-0.3, -0.25) is 4.98 Å². The standard InChI is InChI=1S/C14H13BrN4/c1-2-19-13-3-4-17-8-12(13)18-14(19)9-5-10(15)7-11(16)6-9/h3-8H,2,16H2,1H3. The number of halogens is 1. The average molecular weight is 317 g/mol. The van der Waals surface area contributed by atoms with Gasteiger partial charge in [0.1, 0.15) is 11.3 Å². The molecule has 4 nitrogen and oxygen atoms in total. The number of hydrogen-bond acceptors (Lipinski definition) is 3. The molecular formula is C14H13BrN4. The molecule has 0 radical (unpaired) electrons. The summed E-state index contributed by atoms with van der Waals surface area (Å²) in [6.45, 7) is 2.95. The zero-order chi connectivity index (χ0) is 13.4. The van der Waals surface area contributed by atoms with Crippen molar-refractivity contribution in [2.75, 3.05) is 5.73 Å². The number of fused-ring (bicyclic) bond motifs is 1. The molecule has 3 aromatic rings. The molecule has 0 atom stereocenters. The third kappa shape index (κ3) is 2.10. The molecule has 0 spiro atoms. The smallest absolute Gasteiger partial charge is 0.141 e. The van der Waals surface area contributed by atoms with E-state index in [0.717, 1.165) is 39.1 Å². The van der Waals surface area contributed by atoms with Crippen molar-refractivity contribution in [2.24, 2.45) is 0 Å². The molecule has 0 aliphatic heterocycles. The van der Waals surface area contributed by atoms with E-state index in [4.69, 9.17) is 5.73 Å². The summed E-state index contributed by atoms with van der Waals surface area (Å²) in [4.78, 5) is 8.78. The second kappa shape index (κ2) is 4.66. The van der Waals surface area contributed by atoms with Gasteiger partial charge in [0.2, 0.25) is 0 Å².